The number of esters is 1. The van der Waals surface area contributed by atoms with Crippen molar-refractivity contribution in [3.8, 4) is 0 Å². The smallest absolute Gasteiger partial charge is 0.328 e. The van der Waals surface area contributed by atoms with Gasteiger partial charge in [0.1, 0.15) is 10.6 Å². The minimum Gasteiger partial charge on any atom is -0.467 e. The Morgan fingerprint density at radius 1 is 1.47 bits per heavy atom. The van der Waals surface area contributed by atoms with Crippen molar-refractivity contribution in [3.63, 3.8) is 0 Å². The molecule has 2 heterocycles. The average Bonchev–Trinajstić information content (AvgIpc) is 2.46. The zero-order chi connectivity index (χ0) is 13.8. The van der Waals surface area contributed by atoms with E-state index < -0.39 is 6.04 Å². The lowest BCUT2D eigenvalue weighted by atomic mass is 10.0. The third kappa shape index (κ3) is 2.94. The Bertz CT molecular complexity index is 493. The number of hydrogen-bond donors (Lipinski definition) is 0. The highest BCUT2D eigenvalue weighted by molar-refractivity contribution is 9.10. The van der Waals surface area contributed by atoms with E-state index in [0.717, 1.165) is 12.8 Å². The van der Waals surface area contributed by atoms with Crippen LogP contribution in [0.15, 0.2) is 22.9 Å². The Labute approximate surface area is 120 Å². The van der Waals surface area contributed by atoms with Gasteiger partial charge in [0.15, 0.2) is 0 Å². The number of amides is 1. The van der Waals surface area contributed by atoms with Crippen LogP contribution in [0, 0.1) is 0 Å². The number of likely N-dealkylation sites (tertiary alicyclic amines) is 1. The number of aromatic nitrogens is 1. The molecule has 1 fully saturated rings. The third-order valence-corrected chi connectivity index (χ3v) is 3.86. The number of nitrogens with zero attached hydrogens (tertiary/aromatic N) is 2. The average molecular weight is 327 g/mol. The largest absolute Gasteiger partial charge is 0.467 e. The van der Waals surface area contributed by atoms with E-state index in [1.165, 1.54) is 7.11 Å². The number of hydrogen-bond acceptors (Lipinski definition) is 4. The maximum Gasteiger partial charge on any atom is 0.328 e. The van der Waals surface area contributed by atoms with Gasteiger partial charge in [-0.3, -0.25) is 4.79 Å². The number of piperidine rings is 1. The SMILES string of the molecule is COC(=O)C1CCCCN1C(=O)c1cccnc1Br. The number of methoxy groups -OCH3 is 1. The topological polar surface area (TPSA) is 59.5 Å². The number of rotatable bonds is 2. The van der Waals surface area contributed by atoms with E-state index in [1.54, 1.807) is 23.2 Å². The van der Waals surface area contributed by atoms with E-state index in [9.17, 15) is 9.59 Å². The first-order valence-corrected chi connectivity index (χ1v) is 6.93. The number of ether oxygens (including phenoxy) is 1. The molecule has 0 N–H and O–H groups in total. The molecule has 0 bridgehead atoms. The summed E-state index contributed by atoms with van der Waals surface area (Å²) in [5.41, 5.74) is 0.471. The first kappa shape index (κ1) is 14.0. The number of carbonyl (C=O) groups excluding carboxylic acids is 2. The lowest BCUT2D eigenvalue weighted by Crippen LogP contribution is -2.48. The van der Waals surface area contributed by atoms with Crippen LogP contribution in [0.4, 0.5) is 0 Å². The Balaban J connectivity index is 2.25. The molecule has 0 saturated carbocycles. The van der Waals surface area contributed by atoms with Crippen molar-refractivity contribution in [2.75, 3.05) is 13.7 Å². The summed E-state index contributed by atoms with van der Waals surface area (Å²) in [4.78, 5) is 29.9. The lowest BCUT2D eigenvalue weighted by molar-refractivity contribution is -0.147. The van der Waals surface area contributed by atoms with Gasteiger partial charge in [0.2, 0.25) is 0 Å². The van der Waals surface area contributed by atoms with E-state index in [0.29, 0.717) is 23.1 Å². The molecule has 1 amide bonds. The fraction of sp³-hybridized carbons (Fsp3) is 0.462. The molecule has 1 unspecified atom stereocenters. The van der Waals surface area contributed by atoms with Crippen molar-refractivity contribution < 1.29 is 14.3 Å². The van der Waals surface area contributed by atoms with Crippen LogP contribution in [0.3, 0.4) is 0 Å². The third-order valence-electron chi connectivity index (χ3n) is 3.23. The molecular formula is C13H15BrN2O3. The Kier molecular flexibility index (Phi) is 4.52. The molecule has 1 aliphatic rings. The first-order chi connectivity index (χ1) is 9.15. The van der Waals surface area contributed by atoms with Gasteiger partial charge in [-0.15, -0.1) is 0 Å². The van der Waals surface area contributed by atoms with Gasteiger partial charge in [-0.2, -0.15) is 0 Å². The van der Waals surface area contributed by atoms with Crippen molar-refractivity contribution in [1.29, 1.82) is 0 Å². The Morgan fingerprint density at radius 3 is 2.95 bits per heavy atom. The minimum atomic E-state index is -0.488. The quantitative estimate of drug-likeness (QED) is 0.616. The van der Waals surface area contributed by atoms with Crippen LogP contribution in [0.2, 0.25) is 0 Å². The fourth-order valence-corrected chi connectivity index (χ4v) is 2.68. The molecule has 1 aromatic heterocycles. The molecule has 1 saturated heterocycles. The maximum atomic E-state index is 12.5. The standard InChI is InChI=1S/C13H15BrN2O3/c1-19-13(18)10-6-2-3-8-16(10)12(17)9-5-4-7-15-11(9)14/h4-5,7,10H,2-3,6,8H2,1H3. The van der Waals surface area contributed by atoms with Gasteiger partial charge in [0.05, 0.1) is 12.7 Å². The molecule has 1 aromatic rings. The van der Waals surface area contributed by atoms with Crippen LogP contribution < -0.4 is 0 Å². The Hall–Kier alpha value is -1.43. The van der Waals surface area contributed by atoms with E-state index in [-0.39, 0.29) is 11.9 Å². The second-order valence-electron chi connectivity index (χ2n) is 4.38. The lowest BCUT2D eigenvalue weighted by Gasteiger charge is -2.33. The predicted molar refractivity (Wildman–Crippen MR) is 72.6 cm³/mol. The first-order valence-electron chi connectivity index (χ1n) is 6.14. The summed E-state index contributed by atoms with van der Waals surface area (Å²) >= 11 is 3.26. The van der Waals surface area contributed by atoms with Crippen LogP contribution in [-0.4, -0.2) is 41.5 Å². The van der Waals surface area contributed by atoms with Gasteiger partial charge in [0, 0.05) is 12.7 Å². The summed E-state index contributed by atoms with van der Waals surface area (Å²) < 4.78 is 5.27. The van der Waals surface area contributed by atoms with E-state index in [4.69, 9.17) is 4.74 Å². The molecular weight excluding hydrogens is 312 g/mol. The van der Waals surface area contributed by atoms with Crippen molar-refractivity contribution in [1.82, 2.24) is 9.88 Å². The van der Waals surface area contributed by atoms with Crippen LogP contribution in [0.25, 0.3) is 0 Å². The van der Waals surface area contributed by atoms with Gasteiger partial charge in [-0.05, 0) is 47.3 Å². The van der Waals surface area contributed by atoms with Crippen LogP contribution in [0.5, 0.6) is 0 Å². The summed E-state index contributed by atoms with van der Waals surface area (Å²) in [6.07, 6.45) is 4.08. The normalized spacial score (nSPS) is 19.1. The second kappa shape index (κ2) is 6.14. The number of carbonyl (C=O) groups is 2. The van der Waals surface area contributed by atoms with Gasteiger partial charge in [0.25, 0.3) is 5.91 Å². The zero-order valence-electron chi connectivity index (χ0n) is 10.6. The van der Waals surface area contributed by atoms with E-state index in [1.807, 2.05) is 0 Å². The molecule has 0 radical (unpaired) electrons. The summed E-state index contributed by atoms with van der Waals surface area (Å²) in [7, 11) is 1.35. The van der Waals surface area contributed by atoms with Gasteiger partial charge in [-0.1, -0.05) is 0 Å². The van der Waals surface area contributed by atoms with Gasteiger partial charge >= 0.3 is 5.97 Å². The second-order valence-corrected chi connectivity index (χ2v) is 5.13. The van der Waals surface area contributed by atoms with Crippen LogP contribution in [-0.2, 0) is 9.53 Å². The molecule has 1 aliphatic heterocycles. The van der Waals surface area contributed by atoms with Crippen LogP contribution in [0.1, 0.15) is 29.6 Å². The molecule has 0 spiro atoms. The minimum absolute atomic E-state index is 0.185. The monoisotopic (exact) mass is 326 g/mol. The molecule has 2 rings (SSSR count). The maximum absolute atomic E-state index is 12.5. The molecule has 1 atom stereocenters. The van der Waals surface area contributed by atoms with Crippen molar-refractivity contribution >= 4 is 27.8 Å². The number of halogens is 1. The van der Waals surface area contributed by atoms with E-state index >= 15 is 0 Å². The number of pyridine rings is 1. The molecule has 6 heteroatoms. The van der Waals surface area contributed by atoms with Crippen molar-refractivity contribution in [3.05, 3.63) is 28.5 Å². The van der Waals surface area contributed by atoms with Crippen LogP contribution >= 0.6 is 15.9 Å². The molecule has 19 heavy (non-hydrogen) atoms. The molecule has 0 aromatic carbocycles. The Morgan fingerprint density at radius 2 is 2.26 bits per heavy atom. The molecule has 5 nitrogen and oxygen atoms in total. The summed E-state index contributed by atoms with van der Waals surface area (Å²) in [5, 5.41) is 0. The highest BCUT2D eigenvalue weighted by atomic mass is 79.9. The highest BCUT2D eigenvalue weighted by Crippen LogP contribution is 2.23. The fourth-order valence-electron chi connectivity index (χ4n) is 2.26. The van der Waals surface area contributed by atoms with E-state index in [2.05, 4.69) is 20.9 Å². The van der Waals surface area contributed by atoms with Gasteiger partial charge in [-0.25, -0.2) is 9.78 Å². The molecule has 0 aliphatic carbocycles. The van der Waals surface area contributed by atoms with Crippen molar-refractivity contribution in [2.24, 2.45) is 0 Å². The zero-order valence-corrected chi connectivity index (χ0v) is 12.2. The predicted octanol–water partition coefficient (Wildman–Crippen LogP) is 2.01. The summed E-state index contributed by atoms with van der Waals surface area (Å²) in [6.45, 7) is 0.569. The summed E-state index contributed by atoms with van der Waals surface area (Å²) in [6, 6.07) is 2.91. The highest BCUT2D eigenvalue weighted by Gasteiger charge is 2.33. The molecule has 102 valence electrons. The summed E-state index contributed by atoms with van der Waals surface area (Å²) in [5.74, 6) is -0.539. The van der Waals surface area contributed by atoms with Gasteiger partial charge < -0.3 is 9.64 Å². The van der Waals surface area contributed by atoms with Crippen molar-refractivity contribution in [2.45, 2.75) is 25.3 Å².